The smallest absolute Gasteiger partial charge is 0.238 e. The van der Waals surface area contributed by atoms with Crippen molar-refractivity contribution >= 4 is 11.0 Å². The summed E-state index contributed by atoms with van der Waals surface area (Å²) in [5.74, 6) is -1.53. The second-order valence-corrected chi connectivity index (χ2v) is 7.28. The molecule has 5 atom stereocenters. The van der Waals surface area contributed by atoms with Gasteiger partial charge in [-0.05, 0) is 31.2 Å². The molecule has 10 heteroatoms. The molecule has 0 saturated carbocycles. The number of aliphatic hydroxyl groups is 3. The third-order valence-electron chi connectivity index (χ3n) is 5.04. The first-order valence-corrected chi connectivity index (χ1v) is 9.36. The van der Waals surface area contributed by atoms with Gasteiger partial charge in [0.25, 0.3) is 0 Å². The van der Waals surface area contributed by atoms with E-state index in [0.717, 1.165) is 6.07 Å². The van der Waals surface area contributed by atoms with Crippen LogP contribution in [0.1, 0.15) is 6.92 Å². The maximum atomic E-state index is 12.6. The number of hydrogen-bond donors (Lipinski definition) is 6. The van der Waals surface area contributed by atoms with Gasteiger partial charge >= 0.3 is 0 Å². The van der Waals surface area contributed by atoms with Crippen LogP contribution in [0.5, 0.6) is 23.0 Å². The largest absolute Gasteiger partial charge is 0.508 e. The molecule has 2 aromatic carbocycles. The fourth-order valence-corrected chi connectivity index (χ4v) is 3.44. The van der Waals surface area contributed by atoms with Gasteiger partial charge in [0.2, 0.25) is 17.5 Å². The Balaban J connectivity index is 1.75. The van der Waals surface area contributed by atoms with Crippen LogP contribution in [0.25, 0.3) is 22.3 Å². The van der Waals surface area contributed by atoms with Crippen molar-refractivity contribution in [1.82, 2.24) is 0 Å². The molecule has 3 aromatic rings. The highest BCUT2D eigenvalue weighted by Crippen LogP contribution is 2.37. The first-order chi connectivity index (χ1) is 14.7. The van der Waals surface area contributed by atoms with Gasteiger partial charge in [0.15, 0.2) is 5.76 Å². The van der Waals surface area contributed by atoms with Crippen LogP contribution in [0.2, 0.25) is 0 Å². The Morgan fingerprint density at radius 2 is 1.71 bits per heavy atom. The second-order valence-electron chi connectivity index (χ2n) is 7.28. The third-order valence-corrected chi connectivity index (χ3v) is 5.04. The Morgan fingerprint density at radius 3 is 2.32 bits per heavy atom. The van der Waals surface area contributed by atoms with Gasteiger partial charge in [0, 0.05) is 17.7 Å². The zero-order valence-electron chi connectivity index (χ0n) is 16.2. The van der Waals surface area contributed by atoms with E-state index in [2.05, 4.69) is 0 Å². The van der Waals surface area contributed by atoms with Crippen molar-refractivity contribution in [2.75, 3.05) is 0 Å². The van der Waals surface area contributed by atoms with Crippen molar-refractivity contribution in [2.45, 2.75) is 37.6 Å². The molecule has 164 valence electrons. The van der Waals surface area contributed by atoms with E-state index in [4.69, 9.17) is 13.9 Å². The summed E-state index contributed by atoms with van der Waals surface area (Å²) in [4.78, 5) is 12.6. The van der Waals surface area contributed by atoms with Crippen LogP contribution in [0.3, 0.4) is 0 Å². The molecule has 1 saturated heterocycles. The summed E-state index contributed by atoms with van der Waals surface area (Å²) in [7, 11) is 0. The maximum Gasteiger partial charge on any atom is 0.238 e. The van der Waals surface area contributed by atoms with Crippen LogP contribution < -0.4 is 10.2 Å². The zero-order chi connectivity index (χ0) is 22.4. The molecule has 0 radical (unpaired) electrons. The molecule has 10 nitrogen and oxygen atoms in total. The molecule has 4 rings (SSSR count). The van der Waals surface area contributed by atoms with Crippen molar-refractivity contribution < 1.29 is 44.5 Å². The summed E-state index contributed by atoms with van der Waals surface area (Å²) in [5.41, 5.74) is -0.700. The maximum absolute atomic E-state index is 12.6. The molecule has 6 N–H and O–H groups in total. The fourth-order valence-electron chi connectivity index (χ4n) is 3.44. The number of phenolic OH excluding ortho intramolecular Hbond substituents is 2. The summed E-state index contributed by atoms with van der Waals surface area (Å²) in [6.45, 7) is 1.39. The summed E-state index contributed by atoms with van der Waals surface area (Å²) in [6, 6.07) is 7.87. The Labute approximate surface area is 174 Å². The molecule has 1 aliphatic heterocycles. The molecule has 0 amide bonds. The van der Waals surface area contributed by atoms with Crippen LogP contribution in [0, 0.1) is 0 Å². The van der Waals surface area contributed by atoms with Gasteiger partial charge in [-0.15, -0.1) is 0 Å². The van der Waals surface area contributed by atoms with E-state index in [-0.39, 0.29) is 28.2 Å². The highest BCUT2D eigenvalue weighted by atomic mass is 16.7. The molecular weight excluding hydrogens is 412 g/mol. The lowest BCUT2D eigenvalue weighted by Gasteiger charge is -2.18. The molecule has 5 unspecified atom stereocenters. The van der Waals surface area contributed by atoms with Gasteiger partial charge in [-0.2, -0.15) is 0 Å². The number of ether oxygens (including phenoxy) is 2. The van der Waals surface area contributed by atoms with Gasteiger partial charge in [0.1, 0.15) is 46.5 Å². The van der Waals surface area contributed by atoms with Crippen LogP contribution >= 0.6 is 0 Å². The first-order valence-electron chi connectivity index (χ1n) is 9.36. The van der Waals surface area contributed by atoms with E-state index in [9.17, 15) is 35.4 Å². The fraction of sp³-hybridized carbons (Fsp3) is 0.286. The molecule has 1 aliphatic rings. The number of fused-ring (bicyclic) bond motifs is 1. The Bertz CT molecular complexity index is 1170. The van der Waals surface area contributed by atoms with E-state index in [0.29, 0.717) is 5.56 Å². The summed E-state index contributed by atoms with van der Waals surface area (Å²) < 4.78 is 16.5. The zero-order valence-corrected chi connectivity index (χ0v) is 16.2. The quantitative estimate of drug-likeness (QED) is 0.346. The minimum Gasteiger partial charge on any atom is -0.508 e. The summed E-state index contributed by atoms with van der Waals surface area (Å²) in [5, 5.41) is 59.5. The van der Waals surface area contributed by atoms with Gasteiger partial charge in [-0.1, -0.05) is 0 Å². The average molecular weight is 432 g/mol. The topological polar surface area (TPSA) is 170 Å². The lowest BCUT2D eigenvalue weighted by molar-refractivity contribution is -0.128. The molecular formula is C21H20O10. The lowest BCUT2D eigenvalue weighted by atomic mass is 10.1. The predicted molar refractivity (Wildman–Crippen MR) is 106 cm³/mol. The third kappa shape index (κ3) is 3.66. The van der Waals surface area contributed by atoms with Crippen molar-refractivity contribution in [3.05, 3.63) is 46.6 Å². The van der Waals surface area contributed by atoms with Gasteiger partial charge in [-0.3, -0.25) is 4.79 Å². The van der Waals surface area contributed by atoms with Crippen LogP contribution in [0.15, 0.2) is 45.6 Å². The predicted octanol–water partition coefficient (Wildman–Crippen LogP) is 0.783. The lowest BCUT2D eigenvalue weighted by Crippen LogP contribution is -2.38. The summed E-state index contributed by atoms with van der Waals surface area (Å²) >= 11 is 0. The van der Waals surface area contributed by atoms with Crippen LogP contribution in [0.4, 0.5) is 0 Å². The molecule has 1 aromatic heterocycles. The van der Waals surface area contributed by atoms with Crippen LogP contribution in [-0.2, 0) is 4.74 Å². The number of aliphatic hydroxyl groups excluding tert-OH is 3. The number of benzene rings is 2. The van der Waals surface area contributed by atoms with E-state index < -0.39 is 47.6 Å². The average Bonchev–Trinajstić information content (AvgIpc) is 3.00. The second kappa shape index (κ2) is 7.75. The number of rotatable bonds is 4. The number of phenols is 2. The Morgan fingerprint density at radius 1 is 1.03 bits per heavy atom. The summed E-state index contributed by atoms with van der Waals surface area (Å²) in [6.07, 6.45) is -6.37. The van der Waals surface area contributed by atoms with Crippen molar-refractivity contribution in [3.8, 4) is 34.3 Å². The SMILES string of the molecule is CC(O)C1OC(Oc2cc(O)c3c(=O)c(O)c(-c4ccc(O)cc4)oc3c2)C(O)C1O. The minimum atomic E-state index is -1.48. The van der Waals surface area contributed by atoms with E-state index >= 15 is 0 Å². The molecule has 31 heavy (non-hydrogen) atoms. The van der Waals surface area contributed by atoms with Gasteiger partial charge in [0.05, 0.1) is 6.10 Å². The molecule has 0 bridgehead atoms. The molecule has 2 heterocycles. The minimum absolute atomic E-state index is 0.0208. The molecule has 0 aliphatic carbocycles. The van der Waals surface area contributed by atoms with E-state index in [1.807, 2.05) is 0 Å². The van der Waals surface area contributed by atoms with Gasteiger partial charge in [-0.25, -0.2) is 0 Å². The monoisotopic (exact) mass is 432 g/mol. The van der Waals surface area contributed by atoms with Crippen LogP contribution in [-0.4, -0.2) is 61.3 Å². The van der Waals surface area contributed by atoms with Crippen molar-refractivity contribution in [2.24, 2.45) is 0 Å². The highest BCUT2D eigenvalue weighted by Gasteiger charge is 2.46. The number of hydrogen-bond acceptors (Lipinski definition) is 10. The Kier molecular flexibility index (Phi) is 5.23. The molecule has 0 spiro atoms. The normalized spacial score (nSPS) is 24.4. The number of aromatic hydroxyl groups is 3. The van der Waals surface area contributed by atoms with Crippen molar-refractivity contribution in [3.63, 3.8) is 0 Å². The Hall–Kier alpha value is -3.31. The van der Waals surface area contributed by atoms with Crippen molar-refractivity contribution in [1.29, 1.82) is 0 Å². The van der Waals surface area contributed by atoms with E-state index in [1.165, 1.54) is 37.3 Å². The molecule has 1 fully saturated rings. The van der Waals surface area contributed by atoms with E-state index in [1.54, 1.807) is 0 Å². The van der Waals surface area contributed by atoms with Gasteiger partial charge < -0.3 is 44.5 Å². The highest BCUT2D eigenvalue weighted by molar-refractivity contribution is 5.88. The standard InChI is InChI=1S/C21H20O10/c1-8(22)19-17(27)18(28)21(31-19)29-11-6-12(24)14-13(7-11)30-20(16(26)15(14)25)9-2-4-10(23)5-3-9/h2-8,17-19,21-24,26-28H,1H3. The first kappa shape index (κ1) is 20.9.